The molecule has 0 saturated heterocycles. The molecule has 1 aliphatic rings. The van der Waals surface area contributed by atoms with Gasteiger partial charge in [0.25, 0.3) is 7.37 Å². The van der Waals surface area contributed by atoms with E-state index in [1.165, 1.54) is 17.7 Å². The van der Waals surface area contributed by atoms with E-state index in [4.69, 9.17) is 9.26 Å². The first-order valence-electron chi connectivity index (χ1n) is 7.07. The van der Waals surface area contributed by atoms with E-state index < -0.39 is 7.37 Å². The van der Waals surface area contributed by atoms with Gasteiger partial charge in [0, 0.05) is 6.92 Å². The van der Waals surface area contributed by atoms with Crippen LogP contribution >= 0.6 is 7.37 Å². The first-order valence-corrected chi connectivity index (χ1v) is 8.76. The van der Waals surface area contributed by atoms with Crippen LogP contribution in [-0.4, -0.2) is 24.4 Å². The van der Waals surface area contributed by atoms with Crippen molar-refractivity contribution in [2.75, 3.05) is 18.2 Å². The molecule has 1 atom stereocenters. The van der Waals surface area contributed by atoms with Gasteiger partial charge in [0.1, 0.15) is 0 Å². The fraction of sp³-hybridized carbons (Fsp3) is 0.333. The second-order valence-corrected chi connectivity index (χ2v) is 6.68. The minimum atomic E-state index is -3.45. The smallest absolute Gasteiger partial charge is 0.282 e. The summed E-state index contributed by atoms with van der Waals surface area (Å²) in [6, 6.07) is 9.21. The number of benzene rings is 1. The monoisotopic (exact) mass is 322 g/mol. The first kappa shape index (κ1) is 16.5. The van der Waals surface area contributed by atoms with Crippen molar-refractivity contribution >= 4 is 24.3 Å². The Hall–Kier alpha value is -1.91. The van der Waals surface area contributed by atoms with Crippen LogP contribution in [0.15, 0.2) is 47.1 Å². The molecule has 6 nitrogen and oxygen atoms in total. The highest BCUT2D eigenvalue weighted by atomic mass is 31.2. The van der Waals surface area contributed by atoms with Crippen LogP contribution in [0.5, 0.6) is 0 Å². The van der Waals surface area contributed by atoms with Crippen molar-refractivity contribution in [3.8, 4) is 0 Å². The summed E-state index contributed by atoms with van der Waals surface area (Å²) >= 11 is 0. The molecule has 0 bridgehead atoms. The summed E-state index contributed by atoms with van der Waals surface area (Å²) in [4.78, 5) is 11.9. The number of rotatable bonds is 6. The van der Waals surface area contributed by atoms with E-state index in [0.29, 0.717) is 18.2 Å². The van der Waals surface area contributed by atoms with E-state index in [1.54, 1.807) is 6.92 Å². The van der Waals surface area contributed by atoms with Crippen LogP contribution in [-0.2, 0) is 18.6 Å². The van der Waals surface area contributed by atoms with Crippen molar-refractivity contribution in [3.05, 3.63) is 42.0 Å². The van der Waals surface area contributed by atoms with E-state index in [1.807, 2.05) is 37.3 Å². The van der Waals surface area contributed by atoms with E-state index in [2.05, 4.69) is 5.10 Å². The SMILES string of the molecule is CCOC1=CP(=O)(OCC)C(C(C)=O)=NN1c1ccccc1. The van der Waals surface area contributed by atoms with Crippen LogP contribution in [0.4, 0.5) is 5.69 Å². The molecule has 1 aliphatic heterocycles. The molecule has 0 aliphatic carbocycles. The Morgan fingerprint density at radius 3 is 2.45 bits per heavy atom. The van der Waals surface area contributed by atoms with Crippen molar-refractivity contribution in [1.29, 1.82) is 0 Å². The van der Waals surface area contributed by atoms with Gasteiger partial charge in [0.2, 0.25) is 5.88 Å². The Kier molecular flexibility index (Phi) is 5.16. The maximum absolute atomic E-state index is 12.9. The van der Waals surface area contributed by atoms with Gasteiger partial charge in [-0.3, -0.25) is 9.36 Å². The van der Waals surface area contributed by atoms with Gasteiger partial charge in [-0.05, 0) is 26.0 Å². The molecule has 0 aromatic heterocycles. The quantitative estimate of drug-likeness (QED) is 0.749. The number of para-hydroxylation sites is 1. The summed E-state index contributed by atoms with van der Waals surface area (Å²) in [6.07, 6.45) is 0. The van der Waals surface area contributed by atoms with Crippen LogP contribution in [0.1, 0.15) is 20.8 Å². The highest BCUT2D eigenvalue weighted by molar-refractivity contribution is 7.82. The standard InChI is InChI=1S/C15H19N2O4P/c1-4-20-14-11-22(19,21-5-2)15(12(3)18)16-17(14)13-9-7-6-8-10-13/h6-11H,4-5H2,1-3H3. The number of Topliss-reactive ketones (excluding diaryl/α,β-unsaturated/α-hetero) is 1. The zero-order valence-corrected chi connectivity index (χ0v) is 13.7. The Balaban J connectivity index is 2.53. The lowest BCUT2D eigenvalue weighted by Gasteiger charge is -2.29. The number of ether oxygens (including phenoxy) is 1. The number of nitrogens with zero attached hydrogens (tertiary/aromatic N) is 2. The molecule has 22 heavy (non-hydrogen) atoms. The molecule has 0 fully saturated rings. The van der Waals surface area contributed by atoms with Crippen LogP contribution in [0.2, 0.25) is 0 Å². The van der Waals surface area contributed by atoms with Crippen molar-refractivity contribution in [1.82, 2.24) is 0 Å². The van der Waals surface area contributed by atoms with Crippen LogP contribution < -0.4 is 5.01 Å². The molecule has 0 N–H and O–H groups in total. The molecule has 1 aromatic rings. The number of carbonyl (C=O) groups excluding carboxylic acids is 1. The summed E-state index contributed by atoms with van der Waals surface area (Å²) in [6.45, 7) is 5.46. The summed E-state index contributed by atoms with van der Waals surface area (Å²) in [5, 5.41) is 5.71. The molecule has 0 spiro atoms. The second-order valence-electron chi connectivity index (χ2n) is 4.54. The van der Waals surface area contributed by atoms with Gasteiger partial charge >= 0.3 is 0 Å². The fourth-order valence-corrected chi connectivity index (χ4v) is 3.88. The normalized spacial score (nSPS) is 21.1. The molecule has 0 radical (unpaired) electrons. The third-order valence-electron chi connectivity index (χ3n) is 2.91. The van der Waals surface area contributed by atoms with Gasteiger partial charge < -0.3 is 9.26 Å². The maximum atomic E-state index is 12.9. The number of anilines is 1. The lowest BCUT2D eigenvalue weighted by Crippen LogP contribution is -2.27. The van der Waals surface area contributed by atoms with E-state index in [9.17, 15) is 9.36 Å². The topological polar surface area (TPSA) is 68.2 Å². The fourth-order valence-electron chi connectivity index (χ4n) is 2.05. The van der Waals surface area contributed by atoms with Crippen LogP contribution in [0, 0.1) is 0 Å². The zero-order valence-electron chi connectivity index (χ0n) is 12.9. The van der Waals surface area contributed by atoms with Gasteiger partial charge in [0.15, 0.2) is 11.2 Å². The summed E-state index contributed by atoms with van der Waals surface area (Å²) in [5.41, 5.74) is 0.630. The zero-order chi connectivity index (χ0) is 16.2. The number of hydrogen-bond donors (Lipinski definition) is 0. The predicted octanol–water partition coefficient (Wildman–Crippen LogP) is 3.56. The number of hydrazone groups is 1. The van der Waals surface area contributed by atoms with Gasteiger partial charge in [0.05, 0.1) is 24.7 Å². The maximum Gasteiger partial charge on any atom is 0.282 e. The Bertz CT molecular complexity index is 655. The molecule has 0 saturated carbocycles. The van der Waals surface area contributed by atoms with E-state index >= 15 is 0 Å². The van der Waals surface area contributed by atoms with Crippen molar-refractivity contribution < 1.29 is 18.6 Å². The second kappa shape index (κ2) is 6.90. The molecule has 1 unspecified atom stereocenters. The van der Waals surface area contributed by atoms with E-state index in [0.717, 1.165) is 0 Å². The summed E-state index contributed by atoms with van der Waals surface area (Å²) < 4.78 is 23.8. The molecule has 1 heterocycles. The Morgan fingerprint density at radius 2 is 1.91 bits per heavy atom. The minimum absolute atomic E-state index is 0.0818. The number of hydrogen-bond acceptors (Lipinski definition) is 6. The van der Waals surface area contributed by atoms with Gasteiger partial charge in [-0.1, -0.05) is 18.2 Å². The molecule has 2 rings (SSSR count). The number of ketones is 1. The van der Waals surface area contributed by atoms with Crippen molar-refractivity contribution in [3.63, 3.8) is 0 Å². The van der Waals surface area contributed by atoms with Gasteiger partial charge in [-0.2, -0.15) is 10.1 Å². The molecular weight excluding hydrogens is 303 g/mol. The van der Waals surface area contributed by atoms with E-state index in [-0.39, 0.29) is 17.8 Å². The highest BCUT2D eigenvalue weighted by Crippen LogP contribution is 2.54. The van der Waals surface area contributed by atoms with Crippen LogP contribution in [0.25, 0.3) is 0 Å². The largest absolute Gasteiger partial charge is 0.478 e. The lowest BCUT2D eigenvalue weighted by atomic mass is 10.3. The summed E-state index contributed by atoms with van der Waals surface area (Å²) in [5.74, 6) is 1.29. The third kappa shape index (κ3) is 3.29. The molecule has 7 heteroatoms. The Labute approximate surface area is 129 Å². The van der Waals surface area contributed by atoms with Gasteiger partial charge in [-0.25, -0.2) is 0 Å². The molecule has 118 valence electrons. The lowest BCUT2D eigenvalue weighted by molar-refractivity contribution is -0.110. The molecule has 0 amide bonds. The van der Waals surface area contributed by atoms with Gasteiger partial charge in [-0.15, -0.1) is 0 Å². The molecular formula is C15H19N2O4P. The van der Waals surface area contributed by atoms with Crippen molar-refractivity contribution in [2.24, 2.45) is 5.10 Å². The average Bonchev–Trinajstić information content (AvgIpc) is 2.48. The van der Waals surface area contributed by atoms with Crippen LogP contribution in [0.3, 0.4) is 0 Å². The average molecular weight is 322 g/mol. The molecule has 1 aromatic carbocycles. The highest BCUT2D eigenvalue weighted by Gasteiger charge is 2.38. The summed E-state index contributed by atoms with van der Waals surface area (Å²) in [7, 11) is -3.45. The first-order chi connectivity index (χ1) is 10.5. The van der Waals surface area contributed by atoms with Crippen molar-refractivity contribution in [2.45, 2.75) is 20.8 Å². The minimum Gasteiger partial charge on any atom is -0.478 e. The Morgan fingerprint density at radius 1 is 1.23 bits per heavy atom. The predicted molar refractivity (Wildman–Crippen MR) is 86.0 cm³/mol. The third-order valence-corrected chi connectivity index (χ3v) is 5.11. The number of carbonyl (C=O) groups is 1.